The molecule has 2 aliphatic heterocycles. The lowest BCUT2D eigenvalue weighted by Crippen LogP contribution is -2.22. The van der Waals surface area contributed by atoms with Gasteiger partial charge in [0.25, 0.3) is 0 Å². The quantitative estimate of drug-likeness (QED) is 0.568. The molecule has 2 aliphatic rings. The molecule has 1 unspecified atom stereocenters. The summed E-state index contributed by atoms with van der Waals surface area (Å²) in [6.45, 7) is 6.08. The van der Waals surface area contributed by atoms with Gasteiger partial charge < -0.3 is 4.90 Å². The Bertz CT molecular complexity index is 407. The Kier molecular flexibility index (Phi) is 4.77. The lowest BCUT2D eigenvalue weighted by atomic mass is 9.90. The molecule has 2 bridgehead atoms. The summed E-state index contributed by atoms with van der Waals surface area (Å²) in [5, 5.41) is 1.24. The van der Waals surface area contributed by atoms with E-state index in [1.807, 2.05) is 11.8 Å². The molecule has 0 N–H and O–H groups in total. The smallest absolute Gasteiger partial charge is 0.134 e. The number of unbranched alkanes of at least 4 members (excludes halogenated alkanes) is 3. The van der Waals surface area contributed by atoms with Crippen molar-refractivity contribution in [2.45, 2.75) is 50.0 Å². The summed E-state index contributed by atoms with van der Waals surface area (Å²) < 4.78 is 9.15. The van der Waals surface area contributed by atoms with Gasteiger partial charge in [0.2, 0.25) is 0 Å². The molecule has 1 aromatic rings. The van der Waals surface area contributed by atoms with Crippen LogP contribution in [0.5, 0.6) is 0 Å². The van der Waals surface area contributed by atoms with Crippen LogP contribution in [0.15, 0.2) is 5.03 Å². The fraction of sp³-hybridized carbons (Fsp3) is 0.857. The maximum atomic E-state index is 4.62. The molecule has 19 heavy (non-hydrogen) atoms. The number of thioether (sulfide) groups is 1. The zero-order valence-corrected chi connectivity index (χ0v) is 13.3. The highest BCUT2D eigenvalue weighted by molar-refractivity contribution is 7.99. The van der Waals surface area contributed by atoms with Gasteiger partial charge in [-0.3, -0.25) is 0 Å². The first-order chi connectivity index (χ1) is 9.38. The van der Waals surface area contributed by atoms with Crippen LogP contribution in [0.1, 0.15) is 50.6 Å². The zero-order valence-electron chi connectivity index (χ0n) is 11.7. The third-order valence-corrected chi connectivity index (χ3v) is 6.13. The molecule has 3 atom stereocenters. The molecular formula is C14H23N3S2. The van der Waals surface area contributed by atoms with Gasteiger partial charge in [0.05, 0.1) is 17.4 Å². The van der Waals surface area contributed by atoms with Crippen molar-refractivity contribution in [2.24, 2.45) is 5.92 Å². The van der Waals surface area contributed by atoms with Gasteiger partial charge in [0, 0.05) is 19.0 Å². The lowest BCUT2D eigenvalue weighted by Gasteiger charge is -2.20. The highest BCUT2D eigenvalue weighted by atomic mass is 32.2. The van der Waals surface area contributed by atoms with Crippen LogP contribution in [0.25, 0.3) is 0 Å². The first-order valence-corrected chi connectivity index (χ1v) is 9.27. The topological polar surface area (TPSA) is 29.0 Å². The number of hydrogen-bond acceptors (Lipinski definition) is 5. The number of aromatic nitrogens is 2. The Morgan fingerprint density at radius 2 is 2.21 bits per heavy atom. The van der Waals surface area contributed by atoms with Gasteiger partial charge in [-0.1, -0.05) is 26.2 Å². The second-order valence-corrected chi connectivity index (χ2v) is 7.39. The van der Waals surface area contributed by atoms with Gasteiger partial charge in [-0.15, -0.1) is 11.8 Å². The normalized spacial score (nSPS) is 29.2. The van der Waals surface area contributed by atoms with Crippen molar-refractivity contribution in [3.05, 3.63) is 5.69 Å². The average Bonchev–Trinajstić information content (AvgIpc) is 3.14. The van der Waals surface area contributed by atoms with Crippen LogP contribution in [-0.4, -0.2) is 39.0 Å². The number of piperidine rings is 1. The van der Waals surface area contributed by atoms with E-state index in [-0.39, 0.29) is 0 Å². The fourth-order valence-corrected chi connectivity index (χ4v) is 5.08. The van der Waals surface area contributed by atoms with Gasteiger partial charge in [-0.05, 0) is 31.1 Å². The van der Waals surface area contributed by atoms with E-state index in [1.54, 1.807) is 0 Å². The van der Waals surface area contributed by atoms with E-state index in [4.69, 9.17) is 0 Å². The number of hydrogen-bond donors (Lipinski definition) is 0. The van der Waals surface area contributed by atoms with Crippen molar-refractivity contribution >= 4 is 23.5 Å². The molecule has 3 rings (SSSR count). The second-order valence-electron chi connectivity index (χ2n) is 5.78. The van der Waals surface area contributed by atoms with Crippen LogP contribution in [0.2, 0.25) is 0 Å². The maximum absolute atomic E-state index is 4.62. The molecule has 0 amide bonds. The van der Waals surface area contributed by atoms with Crippen LogP contribution >= 0.6 is 23.5 Å². The summed E-state index contributed by atoms with van der Waals surface area (Å²) in [5.74, 6) is 2.73. The molecule has 0 saturated carbocycles. The molecule has 0 radical (unpaired) electrons. The van der Waals surface area contributed by atoms with Crippen molar-refractivity contribution in [3.8, 4) is 0 Å². The molecule has 1 aromatic heterocycles. The summed E-state index contributed by atoms with van der Waals surface area (Å²) in [4.78, 5) is 2.59. The van der Waals surface area contributed by atoms with E-state index in [2.05, 4.69) is 20.6 Å². The minimum absolute atomic E-state index is 0.672. The molecule has 106 valence electrons. The van der Waals surface area contributed by atoms with Crippen LogP contribution in [-0.2, 0) is 0 Å². The SMILES string of the molecule is CCCCCCSc1nsnc1[C@@H]1CN2CC[C@@H]1C2. The van der Waals surface area contributed by atoms with E-state index in [9.17, 15) is 0 Å². The number of rotatable bonds is 7. The largest absolute Gasteiger partial charge is 0.302 e. The van der Waals surface area contributed by atoms with E-state index in [0.717, 1.165) is 5.92 Å². The second kappa shape index (κ2) is 6.55. The third-order valence-electron chi connectivity index (χ3n) is 4.40. The van der Waals surface area contributed by atoms with E-state index in [0.29, 0.717) is 5.92 Å². The van der Waals surface area contributed by atoms with E-state index in [1.165, 1.54) is 79.9 Å². The lowest BCUT2D eigenvalue weighted by molar-refractivity contribution is 0.342. The Labute approximate surface area is 124 Å². The molecule has 3 heterocycles. The monoisotopic (exact) mass is 297 g/mol. The van der Waals surface area contributed by atoms with Crippen LogP contribution in [0.3, 0.4) is 0 Å². The predicted octanol–water partition coefficient (Wildman–Crippen LogP) is 3.63. The van der Waals surface area contributed by atoms with Crippen molar-refractivity contribution in [2.75, 3.05) is 25.4 Å². The standard InChI is InChI=1S/C14H23N3S2/c1-2-3-4-5-8-18-14-13(15-19-16-14)12-10-17-7-6-11(12)9-17/h11-12H,2-10H2,1H3/t11-,12-/m1/s1. The van der Waals surface area contributed by atoms with E-state index >= 15 is 0 Å². The third kappa shape index (κ3) is 3.14. The van der Waals surface area contributed by atoms with Crippen molar-refractivity contribution in [3.63, 3.8) is 0 Å². The first kappa shape index (κ1) is 13.8. The van der Waals surface area contributed by atoms with Gasteiger partial charge in [0.15, 0.2) is 0 Å². The Balaban J connectivity index is 1.54. The summed E-state index contributed by atoms with van der Waals surface area (Å²) in [5.41, 5.74) is 1.32. The fourth-order valence-electron chi connectivity index (χ4n) is 3.31. The molecule has 2 fully saturated rings. The highest BCUT2D eigenvalue weighted by Gasteiger charge is 2.41. The van der Waals surface area contributed by atoms with E-state index < -0.39 is 0 Å². The molecule has 3 nitrogen and oxygen atoms in total. The molecule has 0 aromatic carbocycles. The number of nitrogens with zero attached hydrogens (tertiary/aromatic N) is 3. The Morgan fingerprint density at radius 3 is 2.95 bits per heavy atom. The summed E-state index contributed by atoms with van der Waals surface area (Å²) in [7, 11) is 0. The molecule has 0 aliphatic carbocycles. The summed E-state index contributed by atoms with van der Waals surface area (Å²) in [6, 6.07) is 0. The van der Waals surface area contributed by atoms with Crippen molar-refractivity contribution in [1.82, 2.24) is 13.6 Å². The summed E-state index contributed by atoms with van der Waals surface area (Å²) in [6.07, 6.45) is 6.71. The van der Waals surface area contributed by atoms with Gasteiger partial charge in [-0.2, -0.15) is 8.75 Å². The molecular weight excluding hydrogens is 274 g/mol. The van der Waals surface area contributed by atoms with Crippen LogP contribution in [0.4, 0.5) is 0 Å². The summed E-state index contributed by atoms with van der Waals surface area (Å²) >= 11 is 3.35. The van der Waals surface area contributed by atoms with Crippen molar-refractivity contribution in [1.29, 1.82) is 0 Å². The molecule has 0 spiro atoms. The maximum Gasteiger partial charge on any atom is 0.134 e. The van der Waals surface area contributed by atoms with Crippen LogP contribution < -0.4 is 0 Å². The predicted molar refractivity (Wildman–Crippen MR) is 82.1 cm³/mol. The van der Waals surface area contributed by atoms with Gasteiger partial charge in [0.1, 0.15) is 5.03 Å². The Morgan fingerprint density at radius 1 is 1.26 bits per heavy atom. The first-order valence-electron chi connectivity index (χ1n) is 7.56. The zero-order chi connectivity index (χ0) is 13.1. The molecule has 5 heteroatoms. The van der Waals surface area contributed by atoms with Crippen LogP contribution in [0, 0.1) is 5.92 Å². The van der Waals surface area contributed by atoms with Crippen molar-refractivity contribution < 1.29 is 0 Å². The highest BCUT2D eigenvalue weighted by Crippen LogP contribution is 2.42. The Hall–Kier alpha value is -0.130. The average molecular weight is 297 g/mol. The minimum atomic E-state index is 0.672. The number of fused-ring (bicyclic) bond motifs is 2. The van der Waals surface area contributed by atoms with Gasteiger partial charge in [-0.25, -0.2) is 0 Å². The van der Waals surface area contributed by atoms with Gasteiger partial charge >= 0.3 is 0 Å². The minimum Gasteiger partial charge on any atom is -0.302 e. The molecule has 2 saturated heterocycles.